The molecule has 1 aromatic rings. The van der Waals surface area contributed by atoms with Gasteiger partial charge in [0.15, 0.2) is 17.5 Å². The Morgan fingerprint density at radius 3 is 2.85 bits per heavy atom. The molecule has 3 N–H and O–H groups in total. The number of nitrogens with zero attached hydrogens (tertiary/aromatic N) is 1. The molecule has 0 bridgehead atoms. The standard InChI is InChI=1S/C14H22FN3O2/c1-3-20-8-4-7-17-14(16-2)18-10-11-5-6-13(19)12(15)9-11/h5-6,9,19H,3-4,7-8,10H2,1-2H3,(H2,16,17,18). The second-order valence-electron chi connectivity index (χ2n) is 4.19. The van der Waals surface area contributed by atoms with E-state index in [2.05, 4.69) is 15.6 Å². The van der Waals surface area contributed by atoms with E-state index in [4.69, 9.17) is 9.84 Å². The number of aromatic hydroxyl groups is 1. The Bertz CT molecular complexity index is 438. The van der Waals surface area contributed by atoms with E-state index in [1.54, 1.807) is 13.1 Å². The molecule has 6 heteroatoms. The number of halogens is 1. The number of nitrogens with one attached hydrogen (secondary N) is 2. The predicted octanol–water partition coefficient (Wildman–Crippen LogP) is 1.62. The van der Waals surface area contributed by atoms with Crippen LogP contribution in [0, 0.1) is 5.82 Å². The molecule has 0 aliphatic heterocycles. The average molecular weight is 283 g/mol. The fraction of sp³-hybridized carbons (Fsp3) is 0.500. The van der Waals surface area contributed by atoms with Crippen LogP contribution < -0.4 is 10.6 Å². The summed E-state index contributed by atoms with van der Waals surface area (Å²) in [6, 6.07) is 4.29. The van der Waals surface area contributed by atoms with Crippen LogP contribution in [0.15, 0.2) is 23.2 Å². The van der Waals surface area contributed by atoms with Crippen molar-refractivity contribution in [3.8, 4) is 5.75 Å². The molecule has 0 spiro atoms. The molecule has 112 valence electrons. The largest absolute Gasteiger partial charge is 0.505 e. The van der Waals surface area contributed by atoms with Gasteiger partial charge >= 0.3 is 0 Å². The SMILES string of the molecule is CCOCCCNC(=NC)NCc1ccc(O)c(F)c1. The molecule has 0 saturated heterocycles. The molecule has 20 heavy (non-hydrogen) atoms. The minimum Gasteiger partial charge on any atom is -0.505 e. The van der Waals surface area contributed by atoms with Crippen molar-refractivity contribution in [2.45, 2.75) is 19.9 Å². The van der Waals surface area contributed by atoms with Gasteiger partial charge in [0.2, 0.25) is 0 Å². The molecule has 0 atom stereocenters. The Balaban J connectivity index is 2.32. The lowest BCUT2D eigenvalue weighted by atomic mass is 10.2. The summed E-state index contributed by atoms with van der Waals surface area (Å²) in [5.41, 5.74) is 0.734. The first-order valence-corrected chi connectivity index (χ1v) is 6.67. The number of aliphatic imine (C=N–C) groups is 1. The Kier molecular flexibility index (Phi) is 7.42. The van der Waals surface area contributed by atoms with Crippen LogP contribution in [0.4, 0.5) is 4.39 Å². The molecule has 0 aliphatic rings. The average Bonchev–Trinajstić information content (AvgIpc) is 2.45. The highest BCUT2D eigenvalue weighted by molar-refractivity contribution is 5.79. The van der Waals surface area contributed by atoms with Gasteiger partial charge in [-0.1, -0.05) is 6.07 Å². The summed E-state index contributed by atoms with van der Waals surface area (Å²) in [7, 11) is 1.68. The van der Waals surface area contributed by atoms with Crippen molar-refractivity contribution in [2.24, 2.45) is 4.99 Å². The lowest BCUT2D eigenvalue weighted by Crippen LogP contribution is -2.37. The minimum absolute atomic E-state index is 0.341. The van der Waals surface area contributed by atoms with E-state index in [-0.39, 0.29) is 5.75 Å². The van der Waals surface area contributed by atoms with Crippen molar-refractivity contribution >= 4 is 5.96 Å². The Labute approximate surface area is 118 Å². The van der Waals surface area contributed by atoms with E-state index < -0.39 is 5.82 Å². The molecular formula is C14H22FN3O2. The van der Waals surface area contributed by atoms with Crippen molar-refractivity contribution < 1.29 is 14.2 Å². The number of benzene rings is 1. The first kappa shape index (κ1) is 16.2. The van der Waals surface area contributed by atoms with E-state index in [1.165, 1.54) is 12.1 Å². The summed E-state index contributed by atoms with van der Waals surface area (Å²) in [6.07, 6.45) is 0.891. The zero-order chi connectivity index (χ0) is 14.8. The van der Waals surface area contributed by atoms with Crippen molar-refractivity contribution in [3.05, 3.63) is 29.6 Å². The van der Waals surface area contributed by atoms with Crippen LogP contribution in [0.2, 0.25) is 0 Å². The first-order chi connectivity index (χ1) is 9.67. The quantitative estimate of drug-likeness (QED) is 0.404. The van der Waals surface area contributed by atoms with Crippen molar-refractivity contribution in [1.82, 2.24) is 10.6 Å². The first-order valence-electron chi connectivity index (χ1n) is 6.67. The molecule has 0 heterocycles. The van der Waals surface area contributed by atoms with Gasteiger partial charge in [-0.05, 0) is 31.0 Å². The Morgan fingerprint density at radius 1 is 1.40 bits per heavy atom. The molecule has 0 aromatic heterocycles. The van der Waals surface area contributed by atoms with Crippen LogP contribution in [0.25, 0.3) is 0 Å². The van der Waals surface area contributed by atoms with Crippen molar-refractivity contribution in [1.29, 1.82) is 0 Å². The zero-order valence-electron chi connectivity index (χ0n) is 11.9. The Hall–Kier alpha value is -1.82. The second kappa shape index (κ2) is 9.14. The summed E-state index contributed by atoms with van der Waals surface area (Å²) in [5.74, 6) is -0.314. The Morgan fingerprint density at radius 2 is 2.20 bits per heavy atom. The molecule has 0 aliphatic carbocycles. The number of hydrogen-bond donors (Lipinski definition) is 3. The smallest absolute Gasteiger partial charge is 0.191 e. The molecule has 0 amide bonds. The molecule has 0 unspecified atom stereocenters. The molecule has 5 nitrogen and oxygen atoms in total. The number of phenols is 1. The van der Waals surface area contributed by atoms with Crippen LogP contribution in [0.5, 0.6) is 5.75 Å². The van der Waals surface area contributed by atoms with Gasteiger partial charge in [0.25, 0.3) is 0 Å². The van der Waals surface area contributed by atoms with Crippen LogP contribution in [-0.4, -0.2) is 37.9 Å². The third-order valence-corrected chi connectivity index (χ3v) is 2.66. The fourth-order valence-corrected chi connectivity index (χ4v) is 1.59. The lowest BCUT2D eigenvalue weighted by molar-refractivity contribution is 0.145. The van der Waals surface area contributed by atoms with Crippen LogP contribution in [-0.2, 0) is 11.3 Å². The third kappa shape index (κ3) is 5.88. The van der Waals surface area contributed by atoms with Crippen molar-refractivity contribution in [3.63, 3.8) is 0 Å². The highest BCUT2D eigenvalue weighted by Gasteiger charge is 2.02. The number of hydrogen-bond acceptors (Lipinski definition) is 3. The van der Waals surface area contributed by atoms with E-state index in [0.29, 0.717) is 19.1 Å². The normalized spacial score (nSPS) is 11.4. The van der Waals surface area contributed by atoms with Gasteiger partial charge in [-0.3, -0.25) is 4.99 Å². The minimum atomic E-state index is -0.621. The van der Waals surface area contributed by atoms with Gasteiger partial charge in [-0.25, -0.2) is 4.39 Å². The van der Waals surface area contributed by atoms with E-state index in [0.717, 1.165) is 25.1 Å². The fourth-order valence-electron chi connectivity index (χ4n) is 1.59. The van der Waals surface area contributed by atoms with Gasteiger partial charge in [0.05, 0.1) is 0 Å². The van der Waals surface area contributed by atoms with E-state index in [9.17, 15) is 4.39 Å². The van der Waals surface area contributed by atoms with Gasteiger partial charge in [-0.2, -0.15) is 0 Å². The topological polar surface area (TPSA) is 65.9 Å². The number of ether oxygens (including phenoxy) is 1. The lowest BCUT2D eigenvalue weighted by Gasteiger charge is -2.12. The highest BCUT2D eigenvalue weighted by Crippen LogP contribution is 2.15. The highest BCUT2D eigenvalue weighted by atomic mass is 19.1. The molecule has 0 radical (unpaired) electrons. The van der Waals surface area contributed by atoms with Gasteiger partial charge < -0.3 is 20.5 Å². The number of rotatable bonds is 7. The maximum Gasteiger partial charge on any atom is 0.191 e. The summed E-state index contributed by atoms with van der Waals surface area (Å²) in [6.45, 7) is 4.58. The number of guanidine groups is 1. The third-order valence-electron chi connectivity index (χ3n) is 2.66. The molecular weight excluding hydrogens is 261 g/mol. The summed E-state index contributed by atoms with van der Waals surface area (Å²) in [5, 5.41) is 15.3. The monoisotopic (exact) mass is 283 g/mol. The molecule has 1 rings (SSSR count). The maximum atomic E-state index is 13.2. The molecule has 0 saturated carbocycles. The predicted molar refractivity (Wildman–Crippen MR) is 77.4 cm³/mol. The van der Waals surface area contributed by atoms with E-state index in [1.807, 2.05) is 6.92 Å². The van der Waals surface area contributed by atoms with Crippen molar-refractivity contribution in [2.75, 3.05) is 26.8 Å². The van der Waals surface area contributed by atoms with Crippen LogP contribution >= 0.6 is 0 Å². The summed E-state index contributed by atoms with van der Waals surface area (Å²) < 4.78 is 18.4. The number of phenolic OH excluding ortho intramolecular Hbond substituents is 1. The molecule has 0 fully saturated rings. The zero-order valence-corrected chi connectivity index (χ0v) is 11.9. The van der Waals surface area contributed by atoms with Crippen LogP contribution in [0.3, 0.4) is 0 Å². The second-order valence-corrected chi connectivity index (χ2v) is 4.19. The summed E-state index contributed by atoms with van der Waals surface area (Å²) >= 11 is 0. The van der Waals surface area contributed by atoms with E-state index >= 15 is 0 Å². The summed E-state index contributed by atoms with van der Waals surface area (Å²) in [4.78, 5) is 4.07. The van der Waals surface area contributed by atoms with Crippen LogP contribution in [0.1, 0.15) is 18.9 Å². The van der Waals surface area contributed by atoms with Gasteiger partial charge in [-0.15, -0.1) is 0 Å². The maximum absolute atomic E-state index is 13.2. The van der Waals surface area contributed by atoms with Gasteiger partial charge in [0, 0.05) is 33.4 Å². The molecule has 1 aromatic carbocycles. The van der Waals surface area contributed by atoms with Gasteiger partial charge in [0.1, 0.15) is 0 Å².